The molecule has 2 heterocycles. The number of aromatic nitrogens is 2. The molecule has 5 heteroatoms. The van der Waals surface area contributed by atoms with Crippen molar-refractivity contribution in [2.24, 2.45) is 0 Å². The molecule has 1 aromatic carbocycles. The normalized spacial score (nSPS) is 15.4. The van der Waals surface area contributed by atoms with Gasteiger partial charge in [-0.05, 0) is 63.4 Å². The Morgan fingerprint density at radius 2 is 2.09 bits per heavy atom. The summed E-state index contributed by atoms with van der Waals surface area (Å²) >= 11 is 0. The third-order valence-electron chi connectivity index (χ3n) is 4.27. The van der Waals surface area contributed by atoms with Crippen LogP contribution < -0.4 is 16.0 Å². The summed E-state index contributed by atoms with van der Waals surface area (Å²) in [4.78, 5) is 8.85. The zero-order chi connectivity index (χ0) is 16.1. The van der Waals surface area contributed by atoms with Crippen LogP contribution in [-0.4, -0.2) is 29.6 Å². The Balaban J connectivity index is 1.78. The van der Waals surface area contributed by atoms with Crippen LogP contribution in [0.15, 0.2) is 30.5 Å². The molecule has 1 aromatic heterocycles. The molecule has 0 saturated carbocycles. The fraction of sp³-hybridized carbons (Fsp3) is 0.444. The van der Waals surface area contributed by atoms with Crippen molar-refractivity contribution < 1.29 is 0 Å². The number of nitrogens with zero attached hydrogens (tertiary/aromatic N) is 2. The molecule has 2 aromatic rings. The molecule has 0 atom stereocenters. The molecule has 122 valence electrons. The highest BCUT2D eigenvalue weighted by atomic mass is 15.1. The maximum atomic E-state index is 4.56. The first-order chi connectivity index (χ1) is 11.3. The van der Waals surface area contributed by atoms with Crippen molar-refractivity contribution in [2.75, 3.05) is 30.3 Å². The summed E-state index contributed by atoms with van der Waals surface area (Å²) in [6.45, 7) is 7.10. The van der Waals surface area contributed by atoms with Gasteiger partial charge in [-0.3, -0.25) is 0 Å². The lowest BCUT2D eigenvalue weighted by molar-refractivity contribution is 0.460. The summed E-state index contributed by atoms with van der Waals surface area (Å²) in [5.74, 6) is 2.18. The van der Waals surface area contributed by atoms with E-state index >= 15 is 0 Å². The van der Waals surface area contributed by atoms with Gasteiger partial charge >= 0.3 is 0 Å². The van der Waals surface area contributed by atoms with Crippen LogP contribution >= 0.6 is 0 Å². The Labute approximate surface area is 137 Å². The molecule has 0 aliphatic carbocycles. The van der Waals surface area contributed by atoms with Crippen LogP contribution in [0.25, 0.3) is 0 Å². The van der Waals surface area contributed by atoms with Gasteiger partial charge in [0.15, 0.2) is 0 Å². The molecule has 0 unspecified atom stereocenters. The van der Waals surface area contributed by atoms with E-state index in [-0.39, 0.29) is 0 Å². The second-order valence-corrected chi connectivity index (χ2v) is 6.03. The van der Waals surface area contributed by atoms with Crippen LogP contribution in [0.1, 0.15) is 36.8 Å². The predicted molar refractivity (Wildman–Crippen MR) is 95.5 cm³/mol. The van der Waals surface area contributed by atoms with Gasteiger partial charge in [0.1, 0.15) is 5.82 Å². The molecule has 5 nitrogen and oxygen atoms in total. The first kappa shape index (κ1) is 15.7. The van der Waals surface area contributed by atoms with Gasteiger partial charge in [-0.25, -0.2) is 4.98 Å². The summed E-state index contributed by atoms with van der Waals surface area (Å²) in [6.07, 6.45) is 4.27. The Bertz CT molecular complexity index is 650. The lowest BCUT2D eigenvalue weighted by atomic mass is 9.90. The maximum absolute atomic E-state index is 4.56. The zero-order valence-corrected chi connectivity index (χ0v) is 13.9. The van der Waals surface area contributed by atoms with Crippen LogP contribution in [0.4, 0.5) is 17.5 Å². The average molecular weight is 311 g/mol. The van der Waals surface area contributed by atoms with Gasteiger partial charge in [-0.15, -0.1) is 0 Å². The largest absolute Gasteiger partial charge is 0.354 e. The Hall–Kier alpha value is -2.14. The molecule has 3 N–H and O–H groups in total. The fourth-order valence-electron chi connectivity index (χ4n) is 2.97. The summed E-state index contributed by atoms with van der Waals surface area (Å²) < 4.78 is 0. The van der Waals surface area contributed by atoms with E-state index in [0.717, 1.165) is 36.7 Å². The second-order valence-electron chi connectivity index (χ2n) is 6.03. The molecule has 0 amide bonds. The lowest BCUT2D eigenvalue weighted by Gasteiger charge is -2.23. The first-order valence-corrected chi connectivity index (χ1v) is 8.41. The number of anilines is 3. The SMILES string of the molecule is CCNc1ncc(C)c(Nc2cccc(C3CCNCC3)c2)n1. The summed E-state index contributed by atoms with van der Waals surface area (Å²) in [5, 5.41) is 10.0. The van der Waals surface area contributed by atoms with Crippen molar-refractivity contribution in [1.82, 2.24) is 15.3 Å². The molecular formula is C18H25N5. The molecule has 1 aliphatic heterocycles. The Kier molecular flexibility index (Phi) is 5.08. The van der Waals surface area contributed by atoms with Gasteiger partial charge in [0.2, 0.25) is 5.95 Å². The van der Waals surface area contributed by atoms with E-state index in [1.54, 1.807) is 0 Å². The van der Waals surface area contributed by atoms with E-state index < -0.39 is 0 Å². The molecule has 1 saturated heterocycles. The minimum absolute atomic E-state index is 0.654. The molecular weight excluding hydrogens is 286 g/mol. The number of aryl methyl sites for hydroxylation is 1. The van der Waals surface area contributed by atoms with Crippen molar-refractivity contribution in [3.63, 3.8) is 0 Å². The zero-order valence-electron chi connectivity index (χ0n) is 13.9. The number of nitrogens with one attached hydrogen (secondary N) is 3. The van der Waals surface area contributed by atoms with E-state index in [1.165, 1.54) is 18.4 Å². The Morgan fingerprint density at radius 1 is 1.26 bits per heavy atom. The minimum atomic E-state index is 0.654. The minimum Gasteiger partial charge on any atom is -0.354 e. The molecule has 0 spiro atoms. The molecule has 3 rings (SSSR count). The smallest absolute Gasteiger partial charge is 0.224 e. The third kappa shape index (κ3) is 3.99. The van der Waals surface area contributed by atoms with Crippen LogP contribution in [0, 0.1) is 6.92 Å². The van der Waals surface area contributed by atoms with E-state index in [4.69, 9.17) is 0 Å². The van der Waals surface area contributed by atoms with E-state index in [9.17, 15) is 0 Å². The van der Waals surface area contributed by atoms with Crippen LogP contribution in [0.2, 0.25) is 0 Å². The standard InChI is InChI=1S/C18H25N5/c1-3-20-18-21-12-13(2)17(23-18)22-16-6-4-5-15(11-16)14-7-9-19-10-8-14/h4-6,11-12,14,19H,3,7-10H2,1-2H3,(H2,20,21,22,23). The van der Waals surface area contributed by atoms with Gasteiger partial charge in [-0.2, -0.15) is 4.98 Å². The van der Waals surface area contributed by atoms with Gasteiger partial charge in [0.25, 0.3) is 0 Å². The molecule has 1 fully saturated rings. The van der Waals surface area contributed by atoms with Gasteiger partial charge in [-0.1, -0.05) is 12.1 Å². The third-order valence-corrected chi connectivity index (χ3v) is 4.27. The highest BCUT2D eigenvalue weighted by Gasteiger charge is 2.15. The maximum Gasteiger partial charge on any atom is 0.224 e. The van der Waals surface area contributed by atoms with Crippen molar-refractivity contribution in [3.8, 4) is 0 Å². The highest BCUT2D eigenvalue weighted by Crippen LogP contribution is 2.28. The van der Waals surface area contributed by atoms with Crippen molar-refractivity contribution in [2.45, 2.75) is 32.6 Å². The van der Waals surface area contributed by atoms with Crippen molar-refractivity contribution in [1.29, 1.82) is 0 Å². The number of benzene rings is 1. The number of hydrogen-bond acceptors (Lipinski definition) is 5. The molecule has 23 heavy (non-hydrogen) atoms. The lowest BCUT2D eigenvalue weighted by Crippen LogP contribution is -2.26. The molecule has 0 bridgehead atoms. The molecule has 1 aliphatic rings. The van der Waals surface area contributed by atoms with E-state index in [0.29, 0.717) is 11.9 Å². The summed E-state index contributed by atoms with van der Waals surface area (Å²) in [5.41, 5.74) is 3.54. The fourth-order valence-corrected chi connectivity index (χ4v) is 2.97. The number of piperidine rings is 1. The van der Waals surface area contributed by atoms with Crippen LogP contribution in [-0.2, 0) is 0 Å². The van der Waals surface area contributed by atoms with Crippen molar-refractivity contribution in [3.05, 3.63) is 41.6 Å². The number of hydrogen-bond donors (Lipinski definition) is 3. The van der Waals surface area contributed by atoms with Gasteiger partial charge < -0.3 is 16.0 Å². The van der Waals surface area contributed by atoms with Crippen molar-refractivity contribution >= 4 is 17.5 Å². The van der Waals surface area contributed by atoms with Gasteiger partial charge in [0, 0.05) is 24.0 Å². The van der Waals surface area contributed by atoms with Crippen LogP contribution in [0.3, 0.4) is 0 Å². The van der Waals surface area contributed by atoms with E-state index in [1.807, 2.05) is 20.0 Å². The quantitative estimate of drug-likeness (QED) is 0.789. The Morgan fingerprint density at radius 3 is 2.87 bits per heavy atom. The monoisotopic (exact) mass is 311 g/mol. The molecule has 0 radical (unpaired) electrons. The number of rotatable bonds is 5. The van der Waals surface area contributed by atoms with Crippen LogP contribution in [0.5, 0.6) is 0 Å². The summed E-state index contributed by atoms with van der Waals surface area (Å²) in [6, 6.07) is 8.71. The van der Waals surface area contributed by atoms with Gasteiger partial charge in [0.05, 0.1) is 0 Å². The second kappa shape index (κ2) is 7.42. The first-order valence-electron chi connectivity index (χ1n) is 8.41. The predicted octanol–water partition coefficient (Wildman–Crippen LogP) is 3.43. The highest BCUT2D eigenvalue weighted by molar-refractivity contribution is 5.60. The van der Waals surface area contributed by atoms with E-state index in [2.05, 4.69) is 50.2 Å². The average Bonchev–Trinajstić information content (AvgIpc) is 2.59. The summed E-state index contributed by atoms with van der Waals surface area (Å²) in [7, 11) is 0. The topological polar surface area (TPSA) is 61.9 Å².